The molecule has 0 atom stereocenters. The molecule has 4 heteroatoms. The zero-order chi connectivity index (χ0) is 21.2. The summed E-state index contributed by atoms with van der Waals surface area (Å²) in [5.41, 5.74) is 0. The third-order valence-electron chi connectivity index (χ3n) is 6.40. The largest absolute Gasteiger partial charge is 0.481 e. The maximum atomic E-state index is 12.0. The van der Waals surface area contributed by atoms with Crippen LogP contribution in [0.15, 0.2) is 0 Å². The molecule has 0 spiro atoms. The van der Waals surface area contributed by atoms with Crippen LogP contribution >= 0.6 is 0 Å². The van der Waals surface area contributed by atoms with Gasteiger partial charge in [-0.15, -0.1) is 0 Å². The predicted octanol–water partition coefficient (Wildman–Crippen LogP) is 6.87. The Morgan fingerprint density at radius 3 is 1.55 bits per heavy atom. The number of hydrogen-bond acceptors (Lipinski definition) is 2. The van der Waals surface area contributed by atoms with Gasteiger partial charge in [0, 0.05) is 18.9 Å². The van der Waals surface area contributed by atoms with Crippen LogP contribution in [0.4, 0.5) is 0 Å². The highest BCUT2D eigenvalue weighted by molar-refractivity contribution is 5.79. The van der Waals surface area contributed by atoms with Crippen LogP contribution in [0.2, 0.25) is 0 Å². The Bertz CT molecular complexity index is 418. The van der Waals surface area contributed by atoms with E-state index in [1.165, 1.54) is 96.3 Å². The van der Waals surface area contributed by atoms with Crippen molar-refractivity contribution < 1.29 is 14.7 Å². The highest BCUT2D eigenvalue weighted by Gasteiger charge is 2.35. The molecule has 0 aliphatic heterocycles. The number of carbonyl (C=O) groups is 2. The summed E-state index contributed by atoms with van der Waals surface area (Å²) in [6.45, 7) is 3.05. The van der Waals surface area contributed by atoms with Gasteiger partial charge < -0.3 is 10.4 Å². The molecule has 0 aromatic rings. The molecule has 0 saturated heterocycles. The average Bonchev–Trinajstić information content (AvgIpc) is 2.66. The summed E-state index contributed by atoms with van der Waals surface area (Å²) in [5, 5.41) is 11.8. The molecular formula is C25H47NO3. The first-order valence-corrected chi connectivity index (χ1v) is 12.6. The topological polar surface area (TPSA) is 66.4 Å². The van der Waals surface area contributed by atoms with Gasteiger partial charge in [-0.3, -0.25) is 9.59 Å². The monoisotopic (exact) mass is 409 g/mol. The quantitative estimate of drug-likeness (QED) is 0.216. The van der Waals surface area contributed by atoms with Gasteiger partial charge in [-0.05, 0) is 25.2 Å². The second-order valence-electron chi connectivity index (χ2n) is 9.23. The van der Waals surface area contributed by atoms with E-state index in [1.807, 2.05) is 0 Å². The van der Waals surface area contributed by atoms with E-state index in [4.69, 9.17) is 5.11 Å². The molecule has 1 rings (SSSR count). The van der Waals surface area contributed by atoms with Gasteiger partial charge in [-0.25, -0.2) is 0 Å². The van der Waals surface area contributed by atoms with Crippen molar-refractivity contribution in [2.45, 2.75) is 129 Å². The Hall–Kier alpha value is -1.06. The van der Waals surface area contributed by atoms with E-state index >= 15 is 0 Å². The van der Waals surface area contributed by atoms with E-state index in [2.05, 4.69) is 12.2 Å². The SMILES string of the molecule is CCCCCCCCCCCCCCCCCCNC(=O)C1CC(CC(=O)O)C1. The second-order valence-corrected chi connectivity index (χ2v) is 9.23. The lowest BCUT2D eigenvalue weighted by atomic mass is 9.73. The van der Waals surface area contributed by atoms with Crippen LogP contribution in [-0.4, -0.2) is 23.5 Å². The van der Waals surface area contributed by atoms with Crippen molar-refractivity contribution in [2.75, 3.05) is 6.54 Å². The summed E-state index contributed by atoms with van der Waals surface area (Å²) in [6, 6.07) is 0. The number of amides is 1. The lowest BCUT2D eigenvalue weighted by molar-refractivity contribution is -0.141. The van der Waals surface area contributed by atoms with Crippen LogP contribution in [0.1, 0.15) is 129 Å². The molecule has 1 fully saturated rings. The van der Waals surface area contributed by atoms with Crippen molar-refractivity contribution in [1.29, 1.82) is 0 Å². The Labute approximate surface area is 179 Å². The van der Waals surface area contributed by atoms with Crippen molar-refractivity contribution in [3.05, 3.63) is 0 Å². The van der Waals surface area contributed by atoms with E-state index in [0.717, 1.165) is 25.8 Å². The van der Waals surface area contributed by atoms with Crippen LogP contribution in [0, 0.1) is 11.8 Å². The van der Waals surface area contributed by atoms with Crippen LogP contribution in [0.5, 0.6) is 0 Å². The highest BCUT2D eigenvalue weighted by Crippen LogP contribution is 2.36. The molecule has 1 aliphatic carbocycles. The molecule has 1 saturated carbocycles. The first-order valence-electron chi connectivity index (χ1n) is 12.6. The zero-order valence-corrected chi connectivity index (χ0v) is 19.1. The van der Waals surface area contributed by atoms with Crippen LogP contribution < -0.4 is 5.32 Å². The minimum Gasteiger partial charge on any atom is -0.481 e. The Morgan fingerprint density at radius 2 is 1.14 bits per heavy atom. The van der Waals surface area contributed by atoms with E-state index in [-0.39, 0.29) is 24.2 Å². The second kappa shape index (κ2) is 17.8. The number of hydrogen-bond donors (Lipinski definition) is 2. The van der Waals surface area contributed by atoms with E-state index in [0.29, 0.717) is 0 Å². The van der Waals surface area contributed by atoms with Crippen LogP contribution in [0.3, 0.4) is 0 Å². The fourth-order valence-electron chi connectivity index (χ4n) is 4.39. The van der Waals surface area contributed by atoms with E-state index in [9.17, 15) is 9.59 Å². The summed E-state index contributed by atoms with van der Waals surface area (Å²) in [4.78, 5) is 22.6. The van der Waals surface area contributed by atoms with Gasteiger partial charge in [0.2, 0.25) is 5.91 Å². The first kappa shape index (κ1) is 26.0. The molecule has 0 aromatic heterocycles. The minimum absolute atomic E-state index is 0.0559. The van der Waals surface area contributed by atoms with Gasteiger partial charge in [0.1, 0.15) is 0 Å². The molecule has 1 aliphatic rings. The number of carboxylic acid groups (broad SMARTS) is 1. The molecule has 0 heterocycles. The van der Waals surface area contributed by atoms with E-state index in [1.54, 1.807) is 0 Å². The molecule has 4 nitrogen and oxygen atoms in total. The molecule has 2 N–H and O–H groups in total. The zero-order valence-electron chi connectivity index (χ0n) is 19.1. The Balaban J connectivity index is 1.73. The summed E-state index contributed by atoms with van der Waals surface area (Å²) in [7, 11) is 0. The number of rotatable bonds is 20. The molecule has 170 valence electrons. The third kappa shape index (κ3) is 14.5. The lowest BCUT2D eigenvalue weighted by Gasteiger charge is -2.33. The van der Waals surface area contributed by atoms with Crippen LogP contribution in [0.25, 0.3) is 0 Å². The average molecular weight is 410 g/mol. The maximum Gasteiger partial charge on any atom is 0.303 e. The number of carbonyl (C=O) groups excluding carboxylic acids is 1. The van der Waals surface area contributed by atoms with Gasteiger partial charge >= 0.3 is 5.97 Å². The molecular weight excluding hydrogens is 362 g/mol. The van der Waals surface area contributed by atoms with Crippen molar-refractivity contribution in [3.8, 4) is 0 Å². The fourth-order valence-corrected chi connectivity index (χ4v) is 4.39. The Morgan fingerprint density at radius 1 is 0.724 bits per heavy atom. The summed E-state index contributed by atoms with van der Waals surface area (Å²) >= 11 is 0. The molecule has 1 amide bonds. The summed E-state index contributed by atoms with van der Waals surface area (Å²) in [6.07, 6.45) is 23.5. The number of nitrogens with one attached hydrogen (secondary N) is 1. The Kier molecular flexibility index (Phi) is 15.9. The molecule has 0 unspecified atom stereocenters. The number of carboxylic acids is 1. The maximum absolute atomic E-state index is 12.0. The van der Waals surface area contributed by atoms with E-state index < -0.39 is 5.97 Å². The van der Waals surface area contributed by atoms with Gasteiger partial charge in [0.25, 0.3) is 0 Å². The third-order valence-corrected chi connectivity index (χ3v) is 6.40. The standard InChI is InChI=1S/C25H47NO3/c1-2-3-4-5-6-7-8-9-10-11-12-13-14-15-16-17-18-26-25(29)23-19-22(20-23)21-24(27)28/h22-23H,2-21H2,1H3,(H,26,29)(H,27,28). The van der Waals surface area contributed by atoms with Gasteiger partial charge in [-0.2, -0.15) is 0 Å². The number of aliphatic carboxylic acids is 1. The number of unbranched alkanes of at least 4 members (excludes halogenated alkanes) is 15. The van der Waals surface area contributed by atoms with Crippen molar-refractivity contribution in [1.82, 2.24) is 5.32 Å². The van der Waals surface area contributed by atoms with Crippen molar-refractivity contribution in [3.63, 3.8) is 0 Å². The molecule has 0 aromatic carbocycles. The molecule has 0 radical (unpaired) electrons. The minimum atomic E-state index is -0.748. The lowest BCUT2D eigenvalue weighted by Crippen LogP contribution is -2.39. The van der Waals surface area contributed by atoms with Gasteiger partial charge in [0.05, 0.1) is 0 Å². The first-order chi connectivity index (χ1) is 14.1. The van der Waals surface area contributed by atoms with Crippen LogP contribution in [-0.2, 0) is 9.59 Å². The van der Waals surface area contributed by atoms with Crippen molar-refractivity contribution >= 4 is 11.9 Å². The highest BCUT2D eigenvalue weighted by atomic mass is 16.4. The predicted molar refractivity (Wildman–Crippen MR) is 121 cm³/mol. The normalized spacial score (nSPS) is 18.4. The summed E-state index contributed by atoms with van der Waals surface area (Å²) < 4.78 is 0. The smallest absolute Gasteiger partial charge is 0.303 e. The molecule has 29 heavy (non-hydrogen) atoms. The summed E-state index contributed by atoms with van der Waals surface area (Å²) in [5.74, 6) is -0.353. The van der Waals surface area contributed by atoms with Gasteiger partial charge in [0.15, 0.2) is 0 Å². The van der Waals surface area contributed by atoms with Gasteiger partial charge in [-0.1, -0.05) is 103 Å². The molecule has 0 bridgehead atoms. The van der Waals surface area contributed by atoms with Crippen molar-refractivity contribution in [2.24, 2.45) is 11.8 Å². The fraction of sp³-hybridized carbons (Fsp3) is 0.920.